The summed E-state index contributed by atoms with van der Waals surface area (Å²) in [5.41, 5.74) is -2.75. The van der Waals surface area contributed by atoms with E-state index in [4.69, 9.17) is 9.47 Å². The lowest BCUT2D eigenvalue weighted by molar-refractivity contribution is -0.272. The van der Waals surface area contributed by atoms with Crippen LogP contribution in [0, 0.1) is 17.6 Å². The lowest BCUT2D eigenvalue weighted by Crippen LogP contribution is -2.47. The summed E-state index contributed by atoms with van der Waals surface area (Å²) in [6.07, 6.45) is -5.01. The lowest BCUT2D eigenvalue weighted by Gasteiger charge is -2.32. The van der Waals surface area contributed by atoms with Crippen molar-refractivity contribution in [3.05, 3.63) is 47.7 Å². The van der Waals surface area contributed by atoms with Crippen molar-refractivity contribution in [3.8, 4) is 5.75 Å². The number of hydrogen-bond donors (Lipinski definition) is 2. The number of hydrogen-bond acceptors (Lipinski definition) is 6. The smallest absolute Gasteiger partial charge is 0.417 e. The molecule has 1 aromatic carbocycles. The van der Waals surface area contributed by atoms with Crippen LogP contribution in [-0.4, -0.2) is 61.4 Å². The Morgan fingerprint density at radius 2 is 1.97 bits per heavy atom. The Morgan fingerprint density at radius 3 is 2.58 bits per heavy atom. The summed E-state index contributed by atoms with van der Waals surface area (Å²) >= 11 is 0. The summed E-state index contributed by atoms with van der Waals surface area (Å²) in [6.45, 7) is 2.39. The first-order valence-electron chi connectivity index (χ1n) is 11.8. The molecule has 8 nitrogen and oxygen atoms in total. The molecule has 2 fully saturated rings. The first-order valence-corrected chi connectivity index (χ1v) is 11.8. The number of anilines is 2. The fourth-order valence-corrected chi connectivity index (χ4v) is 5.02. The van der Waals surface area contributed by atoms with Gasteiger partial charge in [-0.3, -0.25) is 14.5 Å². The van der Waals surface area contributed by atoms with E-state index in [2.05, 4.69) is 15.6 Å². The molecule has 4 rings (SSSR count). The van der Waals surface area contributed by atoms with Gasteiger partial charge in [-0.25, -0.2) is 9.37 Å². The van der Waals surface area contributed by atoms with Crippen LogP contribution in [0.25, 0.3) is 0 Å². The molecule has 0 saturated carbocycles. The predicted octanol–water partition coefficient (Wildman–Crippen LogP) is 3.77. The van der Waals surface area contributed by atoms with Crippen LogP contribution >= 0.6 is 0 Å². The fraction of sp³-hybridized carbons (Fsp3) is 0.480. The monoisotopic (exact) mass is 542 g/mol. The summed E-state index contributed by atoms with van der Waals surface area (Å²) in [7, 11) is 2.78. The van der Waals surface area contributed by atoms with Gasteiger partial charge in [-0.15, -0.1) is 0 Å². The van der Waals surface area contributed by atoms with Crippen molar-refractivity contribution in [2.75, 3.05) is 30.9 Å². The highest BCUT2D eigenvalue weighted by atomic mass is 19.4. The second-order valence-electron chi connectivity index (χ2n) is 9.53. The van der Waals surface area contributed by atoms with Gasteiger partial charge < -0.3 is 20.1 Å². The van der Waals surface area contributed by atoms with Gasteiger partial charge in [-0.2, -0.15) is 17.6 Å². The molecule has 0 aliphatic carbocycles. The molecule has 0 radical (unpaired) electrons. The Hall–Kier alpha value is -3.32. The van der Waals surface area contributed by atoms with Crippen molar-refractivity contribution in [1.82, 2.24) is 10.3 Å². The molecule has 38 heavy (non-hydrogen) atoms. The number of aromatic nitrogens is 1. The average molecular weight is 543 g/mol. The molecule has 2 N–H and O–H groups in total. The molecular weight excluding hydrogens is 515 g/mol. The third-order valence-corrected chi connectivity index (χ3v) is 7.39. The van der Waals surface area contributed by atoms with Crippen LogP contribution in [0.1, 0.15) is 31.7 Å². The highest BCUT2D eigenvalue weighted by Crippen LogP contribution is 2.55. The second-order valence-corrected chi connectivity index (χ2v) is 9.53. The summed E-state index contributed by atoms with van der Waals surface area (Å²) in [5, 5.41) is 5.54. The molecule has 13 heteroatoms. The van der Waals surface area contributed by atoms with Gasteiger partial charge in [0.1, 0.15) is 11.9 Å². The topological polar surface area (TPSA) is 92.8 Å². The van der Waals surface area contributed by atoms with Crippen LogP contribution in [-0.2, 0) is 14.3 Å². The maximum absolute atomic E-state index is 14.5. The Morgan fingerprint density at radius 1 is 1.26 bits per heavy atom. The zero-order valence-corrected chi connectivity index (χ0v) is 21.0. The van der Waals surface area contributed by atoms with Gasteiger partial charge in [0.15, 0.2) is 17.2 Å². The van der Waals surface area contributed by atoms with Crippen molar-refractivity contribution in [2.24, 2.45) is 5.92 Å². The number of carbonyl (C=O) groups excluding carboxylic acids is 2. The number of carbonyl (C=O) groups is 2. The van der Waals surface area contributed by atoms with Crippen LogP contribution in [0.15, 0.2) is 30.5 Å². The summed E-state index contributed by atoms with van der Waals surface area (Å²) in [5.74, 6) is -6.84. The lowest BCUT2D eigenvalue weighted by atomic mass is 9.77. The molecule has 206 valence electrons. The van der Waals surface area contributed by atoms with Gasteiger partial charge in [-0.1, -0.05) is 13.0 Å². The van der Waals surface area contributed by atoms with Crippen LogP contribution in [0.4, 0.5) is 33.5 Å². The summed E-state index contributed by atoms with van der Waals surface area (Å²) in [4.78, 5) is 31.3. The maximum atomic E-state index is 14.5. The SMILES string of the molecule is CN[C@H]1CC(=O)N(c2cc(NC(=O)[C@@H]3O[C@@](C)(C(F)(F)F)[C@@H](C)[C@H]3c3ccc(F)c(F)c3OC)ccn2)C1. The first kappa shape index (κ1) is 27.7. The first-order chi connectivity index (χ1) is 17.8. The number of rotatable bonds is 6. The molecule has 0 spiro atoms. The highest BCUT2D eigenvalue weighted by molar-refractivity contribution is 5.98. The van der Waals surface area contributed by atoms with E-state index in [1.807, 2.05) is 0 Å². The molecule has 3 heterocycles. The maximum Gasteiger partial charge on any atom is 0.417 e. The van der Waals surface area contributed by atoms with Crippen LogP contribution < -0.4 is 20.3 Å². The number of likely N-dealkylation sites (N-methyl/N-ethyl adjacent to an activating group) is 1. The quantitative estimate of drug-likeness (QED) is 0.540. The molecular formula is C25H27F5N4O4. The van der Waals surface area contributed by atoms with Gasteiger partial charge in [0.25, 0.3) is 5.91 Å². The van der Waals surface area contributed by atoms with E-state index in [-0.39, 0.29) is 35.4 Å². The number of nitrogens with one attached hydrogen (secondary N) is 2. The molecule has 2 aromatic rings. The third-order valence-electron chi connectivity index (χ3n) is 7.39. The summed E-state index contributed by atoms with van der Waals surface area (Å²) in [6, 6.07) is 4.60. The molecule has 2 aliphatic rings. The van der Waals surface area contributed by atoms with E-state index in [9.17, 15) is 31.5 Å². The van der Waals surface area contributed by atoms with E-state index >= 15 is 0 Å². The number of alkyl halides is 3. The number of nitrogens with zero attached hydrogens (tertiary/aromatic N) is 2. The molecule has 2 saturated heterocycles. The number of pyridine rings is 1. The molecule has 1 aromatic heterocycles. The Kier molecular flexibility index (Phi) is 7.36. The van der Waals surface area contributed by atoms with E-state index in [1.165, 1.54) is 30.2 Å². The van der Waals surface area contributed by atoms with Gasteiger partial charge in [0.05, 0.1) is 7.11 Å². The van der Waals surface area contributed by atoms with Gasteiger partial charge in [0, 0.05) is 54.4 Å². The molecule has 2 amide bonds. The standard InChI is InChI=1S/C25H27F5N4O4/c1-12-19(15-5-6-16(26)20(27)21(15)37-4)22(38-24(12,2)25(28,29)30)23(36)33-13-7-8-32-17(9-13)34-11-14(31-3)10-18(34)35/h5-9,12,14,19,22,31H,10-11H2,1-4H3,(H,32,33,36)/t12-,14-,19-,22+,24+/m0/s1. The normalized spacial score (nSPS) is 27.6. The van der Waals surface area contributed by atoms with Crippen LogP contribution in [0.5, 0.6) is 5.75 Å². The van der Waals surface area contributed by atoms with Crippen molar-refractivity contribution >= 4 is 23.3 Å². The van der Waals surface area contributed by atoms with Gasteiger partial charge in [0.2, 0.25) is 11.7 Å². The van der Waals surface area contributed by atoms with E-state index in [1.54, 1.807) is 7.05 Å². The molecule has 0 bridgehead atoms. The minimum atomic E-state index is -4.88. The largest absolute Gasteiger partial charge is 0.493 e. The number of halogens is 5. The zero-order valence-electron chi connectivity index (χ0n) is 21.0. The minimum Gasteiger partial charge on any atom is -0.493 e. The number of ether oxygens (including phenoxy) is 2. The van der Waals surface area contributed by atoms with Crippen molar-refractivity contribution < 1.29 is 41.0 Å². The average Bonchev–Trinajstić information content (AvgIpc) is 3.38. The van der Waals surface area contributed by atoms with Crippen molar-refractivity contribution in [3.63, 3.8) is 0 Å². The van der Waals surface area contributed by atoms with Gasteiger partial charge in [-0.05, 0) is 26.1 Å². The Labute approximate surface area is 215 Å². The molecule has 2 aliphatic heterocycles. The molecule has 5 atom stereocenters. The predicted molar refractivity (Wildman–Crippen MR) is 127 cm³/mol. The Bertz CT molecular complexity index is 1240. The van der Waals surface area contributed by atoms with Crippen LogP contribution in [0.3, 0.4) is 0 Å². The minimum absolute atomic E-state index is 0.0807. The van der Waals surface area contributed by atoms with E-state index < -0.39 is 53.0 Å². The van der Waals surface area contributed by atoms with Crippen LogP contribution in [0.2, 0.25) is 0 Å². The fourth-order valence-electron chi connectivity index (χ4n) is 5.02. The second kappa shape index (κ2) is 10.1. The molecule has 0 unspecified atom stereocenters. The summed E-state index contributed by atoms with van der Waals surface area (Å²) < 4.78 is 81.1. The Balaban J connectivity index is 1.68. The van der Waals surface area contributed by atoms with Crippen molar-refractivity contribution in [1.29, 1.82) is 0 Å². The number of benzene rings is 1. The van der Waals surface area contributed by atoms with Crippen molar-refractivity contribution in [2.45, 2.75) is 50.1 Å². The zero-order chi connectivity index (χ0) is 28.0. The van der Waals surface area contributed by atoms with Gasteiger partial charge >= 0.3 is 6.18 Å². The third kappa shape index (κ3) is 4.68. The van der Waals surface area contributed by atoms with E-state index in [0.29, 0.717) is 6.54 Å². The number of amides is 2. The highest BCUT2D eigenvalue weighted by Gasteiger charge is 2.66. The van der Waals surface area contributed by atoms with E-state index in [0.717, 1.165) is 26.2 Å². The number of methoxy groups -OCH3 is 1.